The smallest absolute Gasteiger partial charge is 0.407 e. The van der Waals surface area contributed by atoms with E-state index in [4.69, 9.17) is 4.74 Å². The van der Waals surface area contributed by atoms with Crippen molar-refractivity contribution in [2.75, 3.05) is 5.32 Å². The number of unbranched alkanes of at least 4 members (excludes halogenated alkanes) is 1. The number of ether oxygens (including phenoxy) is 1. The van der Waals surface area contributed by atoms with Crippen LogP contribution in [-0.4, -0.2) is 55.1 Å². The number of aromatic amines is 1. The molecule has 10 nitrogen and oxygen atoms in total. The van der Waals surface area contributed by atoms with Crippen molar-refractivity contribution >= 4 is 17.8 Å². The van der Waals surface area contributed by atoms with Crippen LogP contribution in [0.25, 0.3) is 0 Å². The molecule has 2 amide bonds. The third-order valence-corrected chi connectivity index (χ3v) is 6.09. The summed E-state index contributed by atoms with van der Waals surface area (Å²) in [6.45, 7) is 8.40. The number of alkyl carbamates (subject to hydrolysis) is 1. The van der Waals surface area contributed by atoms with Gasteiger partial charge >= 0.3 is 6.09 Å². The Morgan fingerprint density at radius 1 is 1.19 bits per heavy atom. The van der Waals surface area contributed by atoms with Crippen molar-refractivity contribution in [3.8, 4) is 0 Å². The molecule has 0 aliphatic rings. The summed E-state index contributed by atoms with van der Waals surface area (Å²) in [7, 11) is 0. The molecule has 0 radical (unpaired) electrons. The largest absolute Gasteiger partial charge is 0.444 e. The lowest BCUT2D eigenvalue weighted by molar-refractivity contribution is -0.125. The first-order valence-electron chi connectivity index (χ1n) is 12.7. The van der Waals surface area contributed by atoms with Crippen LogP contribution in [0, 0.1) is 5.41 Å². The predicted molar refractivity (Wildman–Crippen MR) is 141 cm³/mol. The van der Waals surface area contributed by atoms with Gasteiger partial charge in [0.05, 0.1) is 30.8 Å². The lowest BCUT2D eigenvalue weighted by Gasteiger charge is -2.31. The van der Waals surface area contributed by atoms with Gasteiger partial charge in [0.15, 0.2) is 6.10 Å². The van der Waals surface area contributed by atoms with Gasteiger partial charge in [-0.1, -0.05) is 70.9 Å². The van der Waals surface area contributed by atoms with E-state index in [0.29, 0.717) is 25.2 Å². The van der Waals surface area contributed by atoms with Crippen LogP contribution in [0.4, 0.5) is 10.6 Å². The van der Waals surface area contributed by atoms with Crippen molar-refractivity contribution < 1.29 is 19.4 Å². The third kappa shape index (κ3) is 8.75. The van der Waals surface area contributed by atoms with E-state index in [1.807, 2.05) is 56.7 Å². The molecule has 3 aromatic rings. The lowest BCUT2D eigenvalue weighted by atomic mass is 9.89. The first-order chi connectivity index (χ1) is 17.7. The van der Waals surface area contributed by atoms with E-state index in [1.165, 1.54) is 11.8 Å². The van der Waals surface area contributed by atoms with Gasteiger partial charge < -0.3 is 25.0 Å². The van der Waals surface area contributed by atoms with Crippen LogP contribution < -0.4 is 10.6 Å². The number of anilines is 1. The first-order valence-corrected chi connectivity index (χ1v) is 12.7. The van der Waals surface area contributed by atoms with Crippen molar-refractivity contribution in [1.82, 2.24) is 25.1 Å². The second-order valence-corrected chi connectivity index (χ2v) is 10.3. The Labute approximate surface area is 217 Å². The Morgan fingerprint density at radius 2 is 1.95 bits per heavy atom. The minimum Gasteiger partial charge on any atom is -0.444 e. The summed E-state index contributed by atoms with van der Waals surface area (Å²) in [4.78, 5) is 30.0. The molecule has 2 aromatic heterocycles. The maximum absolute atomic E-state index is 12.9. The van der Waals surface area contributed by atoms with Crippen molar-refractivity contribution in [1.29, 1.82) is 0 Å². The fraction of sp³-hybridized carbons (Fsp3) is 0.481. The molecular weight excluding hydrogens is 472 g/mol. The highest BCUT2D eigenvalue weighted by Crippen LogP contribution is 2.24. The Bertz CT molecular complexity index is 1110. The number of aliphatic hydroxyl groups excluding tert-OH is 1. The van der Waals surface area contributed by atoms with Crippen molar-refractivity contribution in [2.45, 2.75) is 78.2 Å². The van der Waals surface area contributed by atoms with E-state index in [0.717, 1.165) is 18.5 Å². The van der Waals surface area contributed by atoms with Gasteiger partial charge in [-0.15, -0.1) is 0 Å². The average Bonchev–Trinajstić information content (AvgIpc) is 3.53. The summed E-state index contributed by atoms with van der Waals surface area (Å²) in [6, 6.07) is 10.9. The Morgan fingerprint density at radius 3 is 2.59 bits per heavy atom. The second-order valence-electron chi connectivity index (χ2n) is 10.3. The van der Waals surface area contributed by atoms with Gasteiger partial charge in [-0.25, -0.2) is 9.78 Å². The Hall–Kier alpha value is -3.66. The Balaban J connectivity index is 1.63. The lowest BCUT2D eigenvalue weighted by Crippen LogP contribution is -2.50. The van der Waals surface area contributed by atoms with Crippen LogP contribution in [0.1, 0.15) is 58.2 Å². The van der Waals surface area contributed by atoms with E-state index in [1.54, 1.807) is 12.4 Å². The molecule has 0 bridgehead atoms. The number of carbonyl (C=O) groups is 2. The molecule has 0 unspecified atom stereocenters. The van der Waals surface area contributed by atoms with Gasteiger partial charge in [-0.2, -0.15) is 5.10 Å². The molecule has 2 heterocycles. The predicted octanol–water partition coefficient (Wildman–Crippen LogP) is 3.90. The minimum absolute atomic E-state index is 0.362. The molecule has 1 aromatic carbocycles. The highest BCUT2D eigenvalue weighted by atomic mass is 16.6. The molecule has 0 aliphatic heterocycles. The van der Waals surface area contributed by atoms with Gasteiger partial charge in [0.2, 0.25) is 0 Å². The molecular formula is C27H38N6O4. The number of hydrogen-bond donors (Lipinski definition) is 4. The number of nitrogens with zero attached hydrogens (tertiary/aromatic N) is 3. The maximum Gasteiger partial charge on any atom is 0.407 e. The quantitative estimate of drug-likeness (QED) is 0.292. The molecule has 3 rings (SSSR count). The van der Waals surface area contributed by atoms with Gasteiger partial charge in [-0.3, -0.25) is 9.89 Å². The third-order valence-electron chi connectivity index (χ3n) is 6.09. The molecule has 4 N–H and O–H groups in total. The van der Waals surface area contributed by atoms with E-state index in [9.17, 15) is 14.7 Å². The second kappa shape index (κ2) is 13.0. The summed E-state index contributed by atoms with van der Waals surface area (Å²) >= 11 is 0. The van der Waals surface area contributed by atoms with Crippen LogP contribution >= 0.6 is 0 Å². The van der Waals surface area contributed by atoms with Crippen LogP contribution in [0.2, 0.25) is 0 Å². The van der Waals surface area contributed by atoms with E-state index in [2.05, 4.69) is 37.9 Å². The zero-order chi connectivity index (χ0) is 26.8. The summed E-state index contributed by atoms with van der Waals surface area (Å²) in [5.74, 6) is -0.275. The standard InChI is InChI=1S/C27H38N6O4/c1-5-6-12-21(24(34)25(35)31-23-13-14-29-32-23)30-26(36)37-22(27(2,3)4)17-33-16-20(28-18-33)15-19-10-8-7-9-11-19/h7-11,13-14,16,18,21-22,24,34H,5-6,12,15,17H2,1-4H3,(H,30,36)(H2,29,31,32,35)/t21-,22+,24+/m0/s1. The fourth-order valence-electron chi connectivity index (χ4n) is 3.84. The molecule has 0 saturated heterocycles. The SMILES string of the molecule is CCCC[C@H](NC(=O)O[C@H](Cn1cnc(Cc2ccccc2)c1)C(C)(C)C)[C@@H](O)C(=O)Nc1ccn[nH]1. The summed E-state index contributed by atoms with van der Waals surface area (Å²) in [5, 5.41) is 22.3. The van der Waals surface area contributed by atoms with Crippen molar-refractivity contribution in [3.05, 3.63) is 66.4 Å². The molecule has 10 heteroatoms. The number of H-pyrrole nitrogens is 1. The highest BCUT2D eigenvalue weighted by molar-refractivity contribution is 5.94. The van der Waals surface area contributed by atoms with E-state index >= 15 is 0 Å². The highest BCUT2D eigenvalue weighted by Gasteiger charge is 2.32. The van der Waals surface area contributed by atoms with Gasteiger partial charge in [0.25, 0.3) is 5.91 Å². The molecule has 200 valence electrons. The minimum atomic E-state index is -1.45. The molecule has 0 spiro atoms. The van der Waals surface area contributed by atoms with Gasteiger partial charge in [-0.05, 0) is 12.0 Å². The molecule has 0 saturated carbocycles. The van der Waals surface area contributed by atoms with Crippen molar-refractivity contribution in [2.24, 2.45) is 5.41 Å². The van der Waals surface area contributed by atoms with E-state index in [-0.39, 0.29) is 5.41 Å². The summed E-state index contributed by atoms with van der Waals surface area (Å²) in [6.07, 6.45) is 5.29. The number of nitrogens with one attached hydrogen (secondary N) is 3. The number of amides is 2. The van der Waals surface area contributed by atoms with E-state index < -0.39 is 30.3 Å². The van der Waals surface area contributed by atoms with Crippen LogP contribution in [0.3, 0.4) is 0 Å². The fourth-order valence-corrected chi connectivity index (χ4v) is 3.84. The number of hydrogen-bond acceptors (Lipinski definition) is 6. The number of rotatable bonds is 12. The number of imidazole rings is 1. The van der Waals surface area contributed by atoms with Crippen LogP contribution in [0.5, 0.6) is 0 Å². The topological polar surface area (TPSA) is 134 Å². The normalized spacial score (nSPS) is 14.0. The summed E-state index contributed by atoms with van der Waals surface area (Å²) < 4.78 is 7.75. The maximum atomic E-state index is 12.9. The zero-order valence-electron chi connectivity index (χ0n) is 22.0. The molecule has 37 heavy (non-hydrogen) atoms. The van der Waals surface area contributed by atoms with Crippen LogP contribution in [-0.2, 0) is 22.5 Å². The zero-order valence-corrected chi connectivity index (χ0v) is 22.0. The van der Waals surface area contributed by atoms with Gasteiger partial charge in [0.1, 0.15) is 11.9 Å². The molecule has 0 fully saturated rings. The number of benzene rings is 1. The number of carbonyl (C=O) groups excluding carboxylic acids is 2. The first kappa shape index (κ1) is 27.9. The van der Waals surface area contributed by atoms with Crippen LogP contribution in [0.15, 0.2) is 55.1 Å². The average molecular weight is 511 g/mol. The molecule has 3 atom stereocenters. The number of aliphatic hydroxyl groups is 1. The van der Waals surface area contributed by atoms with Gasteiger partial charge in [0, 0.05) is 24.1 Å². The Kier molecular flexibility index (Phi) is 9.85. The van der Waals surface area contributed by atoms with Crippen molar-refractivity contribution in [3.63, 3.8) is 0 Å². The monoisotopic (exact) mass is 510 g/mol. The molecule has 0 aliphatic carbocycles. The summed E-state index contributed by atoms with van der Waals surface area (Å²) in [5.41, 5.74) is 1.73. The number of aromatic nitrogens is 4.